The standard InChI is InChI=1S/C18H21FN2O2.ClH/c1-2-16(23-17-5-3-4-15(19)10-17)12-21-18(22)14-8-6-13(11-20)7-9-14;/h3-10,16H,2,11-12,20H2,1H3,(H,21,22);1H. The first kappa shape index (κ1) is 19.9. The van der Waals surface area contributed by atoms with Crippen molar-refractivity contribution < 1.29 is 13.9 Å². The number of nitrogens with two attached hydrogens (primary N) is 1. The van der Waals surface area contributed by atoms with Gasteiger partial charge in [-0.3, -0.25) is 4.79 Å². The van der Waals surface area contributed by atoms with Crippen LogP contribution in [0.5, 0.6) is 5.75 Å². The van der Waals surface area contributed by atoms with E-state index in [2.05, 4.69) is 5.32 Å². The van der Waals surface area contributed by atoms with Crippen LogP contribution in [0.2, 0.25) is 0 Å². The maximum Gasteiger partial charge on any atom is 0.251 e. The van der Waals surface area contributed by atoms with Crippen molar-refractivity contribution in [2.24, 2.45) is 5.73 Å². The van der Waals surface area contributed by atoms with Crippen LogP contribution >= 0.6 is 12.4 Å². The summed E-state index contributed by atoms with van der Waals surface area (Å²) in [6.07, 6.45) is 0.479. The Labute approximate surface area is 147 Å². The Balaban J connectivity index is 0.00000288. The second-order valence-corrected chi connectivity index (χ2v) is 5.22. The molecule has 0 spiro atoms. The molecule has 130 valence electrons. The van der Waals surface area contributed by atoms with E-state index in [-0.39, 0.29) is 30.2 Å². The van der Waals surface area contributed by atoms with Gasteiger partial charge < -0.3 is 15.8 Å². The molecule has 0 aromatic heterocycles. The average molecular weight is 353 g/mol. The molecule has 1 amide bonds. The molecule has 0 saturated heterocycles. The summed E-state index contributed by atoms with van der Waals surface area (Å²) in [4.78, 5) is 12.1. The van der Waals surface area contributed by atoms with Crippen molar-refractivity contribution in [2.45, 2.75) is 26.0 Å². The van der Waals surface area contributed by atoms with Crippen molar-refractivity contribution in [3.8, 4) is 5.75 Å². The maximum atomic E-state index is 13.2. The second kappa shape index (κ2) is 9.90. The van der Waals surface area contributed by atoms with E-state index < -0.39 is 0 Å². The number of nitrogens with one attached hydrogen (secondary N) is 1. The van der Waals surface area contributed by atoms with Gasteiger partial charge in [-0.1, -0.05) is 25.1 Å². The van der Waals surface area contributed by atoms with Gasteiger partial charge in [-0.2, -0.15) is 0 Å². The van der Waals surface area contributed by atoms with Gasteiger partial charge >= 0.3 is 0 Å². The fourth-order valence-electron chi connectivity index (χ4n) is 2.10. The van der Waals surface area contributed by atoms with Crippen molar-refractivity contribution in [1.82, 2.24) is 5.32 Å². The zero-order chi connectivity index (χ0) is 16.7. The Morgan fingerprint density at radius 2 is 1.96 bits per heavy atom. The van der Waals surface area contributed by atoms with Crippen LogP contribution in [-0.2, 0) is 6.54 Å². The fourth-order valence-corrected chi connectivity index (χ4v) is 2.10. The summed E-state index contributed by atoms with van der Waals surface area (Å²) in [5.74, 6) is -0.0605. The van der Waals surface area contributed by atoms with Gasteiger partial charge in [0.1, 0.15) is 17.7 Å². The van der Waals surface area contributed by atoms with Gasteiger partial charge in [0.25, 0.3) is 5.91 Å². The molecular weight excluding hydrogens is 331 g/mol. The Morgan fingerprint density at radius 3 is 2.54 bits per heavy atom. The minimum atomic E-state index is -0.346. The van der Waals surface area contributed by atoms with Crippen molar-refractivity contribution in [3.05, 3.63) is 65.5 Å². The van der Waals surface area contributed by atoms with Gasteiger partial charge in [0, 0.05) is 18.2 Å². The highest BCUT2D eigenvalue weighted by Crippen LogP contribution is 2.15. The molecule has 0 aliphatic carbocycles. The molecule has 0 aliphatic rings. The van der Waals surface area contributed by atoms with Crippen molar-refractivity contribution in [1.29, 1.82) is 0 Å². The van der Waals surface area contributed by atoms with Crippen LogP contribution < -0.4 is 15.8 Å². The molecule has 0 fully saturated rings. The molecule has 1 atom stereocenters. The van der Waals surface area contributed by atoms with E-state index in [0.29, 0.717) is 30.8 Å². The van der Waals surface area contributed by atoms with Crippen LogP contribution in [0, 0.1) is 5.82 Å². The maximum absolute atomic E-state index is 13.2. The average Bonchev–Trinajstić information content (AvgIpc) is 2.58. The lowest BCUT2D eigenvalue weighted by molar-refractivity contribution is 0.0926. The molecule has 4 nitrogen and oxygen atoms in total. The third kappa shape index (κ3) is 5.83. The van der Waals surface area contributed by atoms with Crippen LogP contribution in [0.1, 0.15) is 29.3 Å². The number of amides is 1. The number of halogens is 2. The monoisotopic (exact) mass is 352 g/mol. The highest BCUT2D eigenvalue weighted by Gasteiger charge is 2.12. The van der Waals surface area contributed by atoms with Crippen LogP contribution in [0.25, 0.3) is 0 Å². The molecule has 0 aliphatic heterocycles. The summed E-state index contributed by atoms with van der Waals surface area (Å²) >= 11 is 0. The number of benzene rings is 2. The summed E-state index contributed by atoms with van der Waals surface area (Å²) in [6, 6.07) is 13.1. The predicted octanol–water partition coefficient (Wildman–Crippen LogP) is 3.29. The zero-order valence-corrected chi connectivity index (χ0v) is 14.3. The third-order valence-electron chi connectivity index (χ3n) is 3.50. The molecule has 2 aromatic rings. The fraction of sp³-hybridized carbons (Fsp3) is 0.278. The van der Waals surface area contributed by atoms with Crippen molar-refractivity contribution in [3.63, 3.8) is 0 Å². The largest absolute Gasteiger partial charge is 0.489 e. The number of ether oxygens (including phenoxy) is 1. The van der Waals surface area contributed by atoms with Gasteiger partial charge in [-0.25, -0.2) is 4.39 Å². The number of rotatable bonds is 7. The first-order chi connectivity index (χ1) is 11.1. The lowest BCUT2D eigenvalue weighted by Gasteiger charge is -2.18. The van der Waals surface area contributed by atoms with E-state index in [9.17, 15) is 9.18 Å². The quantitative estimate of drug-likeness (QED) is 0.803. The van der Waals surface area contributed by atoms with E-state index in [4.69, 9.17) is 10.5 Å². The highest BCUT2D eigenvalue weighted by atomic mass is 35.5. The lowest BCUT2D eigenvalue weighted by atomic mass is 10.1. The zero-order valence-electron chi connectivity index (χ0n) is 13.5. The summed E-state index contributed by atoms with van der Waals surface area (Å²) in [5, 5.41) is 2.83. The molecule has 0 radical (unpaired) electrons. The SMILES string of the molecule is CCC(CNC(=O)c1ccc(CN)cc1)Oc1cccc(F)c1.Cl. The Kier molecular flexibility index (Phi) is 8.22. The Morgan fingerprint density at radius 1 is 1.25 bits per heavy atom. The number of carbonyl (C=O) groups is 1. The molecule has 24 heavy (non-hydrogen) atoms. The summed E-state index contributed by atoms with van der Waals surface area (Å²) in [5.41, 5.74) is 7.08. The van der Waals surface area contributed by atoms with Gasteiger partial charge in [-0.05, 0) is 36.2 Å². The molecule has 2 rings (SSSR count). The first-order valence-electron chi connectivity index (χ1n) is 7.61. The molecule has 0 heterocycles. The predicted molar refractivity (Wildman–Crippen MR) is 95.0 cm³/mol. The molecule has 0 saturated carbocycles. The topological polar surface area (TPSA) is 64.4 Å². The Bertz CT molecular complexity index is 650. The minimum Gasteiger partial charge on any atom is -0.489 e. The van der Waals surface area contributed by atoms with Crippen LogP contribution in [0.15, 0.2) is 48.5 Å². The normalized spacial score (nSPS) is 11.3. The Hall–Kier alpha value is -2.11. The molecule has 0 bridgehead atoms. The summed E-state index contributed by atoms with van der Waals surface area (Å²) in [6.45, 7) is 2.75. The minimum absolute atomic E-state index is 0. The third-order valence-corrected chi connectivity index (χ3v) is 3.50. The lowest BCUT2D eigenvalue weighted by Crippen LogP contribution is -2.35. The van der Waals surface area contributed by atoms with Crippen molar-refractivity contribution >= 4 is 18.3 Å². The summed E-state index contributed by atoms with van der Waals surface area (Å²) < 4.78 is 18.9. The van der Waals surface area contributed by atoms with Gasteiger partial charge in [0.15, 0.2) is 0 Å². The number of carbonyl (C=O) groups excluding carboxylic acids is 1. The highest BCUT2D eigenvalue weighted by molar-refractivity contribution is 5.94. The van der Waals surface area contributed by atoms with E-state index in [1.807, 2.05) is 19.1 Å². The number of hydrogen-bond donors (Lipinski definition) is 2. The van der Waals surface area contributed by atoms with E-state index in [1.54, 1.807) is 24.3 Å². The smallest absolute Gasteiger partial charge is 0.251 e. The van der Waals surface area contributed by atoms with Gasteiger partial charge in [0.05, 0.1) is 6.54 Å². The first-order valence-corrected chi connectivity index (χ1v) is 7.61. The summed E-state index contributed by atoms with van der Waals surface area (Å²) in [7, 11) is 0. The van der Waals surface area contributed by atoms with E-state index >= 15 is 0 Å². The van der Waals surface area contributed by atoms with Crippen LogP contribution in [0.3, 0.4) is 0 Å². The molecule has 1 unspecified atom stereocenters. The molecule has 2 aromatic carbocycles. The van der Waals surface area contributed by atoms with E-state index in [1.165, 1.54) is 12.1 Å². The molecule has 6 heteroatoms. The van der Waals surface area contributed by atoms with Crippen molar-refractivity contribution in [2.75, 3.05) is 6.54 Å². The van der Waals surface area contributed by atoms with Gasteiger partial charge in [-0.15, -0.1) is 12.4 Å². The molecule has 3 N–H and O–H groups in total. The van der Waals surface area contributed by atoms with Gasteiger partial charge in [0.2, 0.25) is 0 Å². The van der Waals surface area contributed by atoms with E-state index in [0.717, 1.165) is 5.56 Å². The second-order valence-electron chi connectivity index (χ2n) is 5.22. The number of hydrogen-bond acceptors (Lipinski definition) is 3. The van der Waals surface area contributed by atoms with Crippen LogP contribution in [0.4, 0.5) is 4.39 Å². The molecular formula is C18H22ClFN2O2. The van der Waals surface area contributed by atoms with Crippen LogP contribution in [-0.4, -0.2) is 18.6 Å².